The highest BCUT2D eigenvalue weighted by molar-refractivity contribution is 5.71. The maximum Gasteiger partial charge on any atom is 0.127 e. The molecule has 3 aromatic rings. The molecule has 2 heterocycles. The Morgan fingerprint density at radius 3 is 2.95 bits per heavy atom. The van der Waals surface area contributed by atoms with Crippen LogP contribution < -0.4 is 0 Å². The number of benzene rings is 1. The number of fused-ring (bicyclic) bond motifs is 1. The third-order valence-corrected chi connectivity index (χ3v) is 3.19. The Balaban J connectivity index is 2.17. The van der Waals surface area contributed by atoms with Crippen molar-refractivity contribution in [1.82, 2.24) is 9.61 Å². The van der Waals surface area contributed by atoms with Crippen LogP contribution in [0, 0.1) is 5.82 Å². The molecular formula is C15H13FN2O. The standard InChI is InChI=1S/C15H13FN2O/c16-15-3-1-2-13(14(15)6-9-19)11-5-8-18-12(10-11)4-7-17-18/h1-5,7-8,10,19H,6,9H2. The Kier molecular flexibility index (Phi) is 3.01. The van der Waals surface area contributed by atoms with Crippen molar-refractivity contribution in [3.8, 4) is 11.1 Å². The fourth-order valence-electron chi connectivity index (χ4n) is 2.28. The Morgan fingerprint density at radius 2 is 2.11 bits per heavy atom. The first-order chi connectivity index (χ1) is 9.29. The van der Waals surface area contributed by atoms with Crippen molar-refractivity contribution in [3.05, 3.63) is 60.2 Å². The molecule has 0 fully saturated rings. The molecule has 0 aliphatic heterocycles. The average molecular weight is 256 g/mol. The Hall–Kier alpha value is -2.20. The summed E-state index contributed by atoms with van der Waals surface area (Å²) in [6.45, 7) is -0.0666. The van der Waals surface area contributed by atoms with Crippen LogP contribution in [0.1, 0.15) is 5.56 Å². The highest BCUT2D eigenvalue weighted by Crippen LogP contribution is 2.27. The van der Waals surface area contributed by atoms with E-state index in [0.717, 1.165) is 16.6 Å². The highest BCUT2D eigenvalue weighted by atomic mass is 19.1. The van der Waals surface area contributed by atoms with Gasteiger partial charge in [-0.25, -0.2) is 8.91 Å². The quantitative estimate of drug-likeness (QED) is 0.782. The first-order valence-electron chi connectivity index (χ1n) is 6.11. The minimum Gasteiger partial charge on any atom is -0.396 e. The van der Waals surface area contributed by atoms with Gasteiger partial charge in [-0.3, -0.25) is 0 Å². The van der Waals surface area contributed by atoms with Gasteiger partial charge in [0.2, 0.25) is 0 Å². The molecule has 3 rings (SSSR count). The summed E-state index contributed by atoms with van der Waals surface area (Å²) in [5.74, 6) is -0.278. The molecule has 0 saturated heterocycles. The molecule has 19 heavy (non-hydrogen) atoms. The van der Waals surface area contributed by atoms with E-state index >= 15 is 0 Å². The largest absolute Gasteiger partial charge is 0.396 e. The molecule has 0 radical (unpaired) electrons. The molecule has 0 aliphatic rings. The Labute approximate surface area is 109 Å². The molecule has 0 amide bonds. The average Bonchev–Trinajstić information content (AvgIpc) is 2.88. The van der Waals surface area contributed by atoms with Gasteiger partial charge in [-0.2, -0.15) is 5.10 Å². The van der Waals surface area contributed by atoms with Crippen molar-refractivity contribution in [1.29, 1.82) is 0 Å². The minimum atomic E-state index is -0.278. The van der Waals surface area contributed by atoms with Crippen LogP contribution in [0.15, 0.2) is 48.8 Å². The van der Waals surface area contributed by atoms with Crippen LogP contribution in [0.3, 0.4) is 0 Å². The van der Waals surface area contributed by atoms with Gasteiger partial charge in [0.05, 0.1) is 5.52 Å². The number of aromatic nitrogens is 2. The van der Waals surface area contributed by atoms with Gasteiger partial charge < -0.3 is 5.11 Å². The number of nitrogens with zero attached hydrogens (tertiary/aromatic N) is 2. The number of pyridine rings is 1. The minimum absolute atomic E-state index is 0.0666. The molecule has 96 valence electrons. The second-order valence-electron chi connectivity index (χ2n) is 4.36. The molecule has 0 aliphatic carbocycles. The molecule has 3 nitrogen and oxygen atoms in total. The van der Waals surface area contributed by atoms with E-state index in [1.165, 1.54) is 6.07 Å². The number of hydrogen-bond donors (Lipinski definition) is 1. The van der Waals surface area contributed by atoms with Gasteiger partial charge in [-0.1, -0.05) is 12.1 Å². The predicted octanol–water partition coefficient (Wildman–Crippen LogP) is 2.68. The highest BCUT2D eigenvalue weighted by Gasteiger charge is 2.10. The summed E-state index contributed by atoms with van der Waals surface area (Å²) < 4.78 is 15.6. The molecule has 0 spiro atoms. The van der Waals surface area contributed by atoms with E-state index in [2.05, 4.69) is 5.10 Å². The van der Waals surface area contributed by atoms with Gasteiger partial charge in [0.25, 0.3) is 0 Å². The lowest BCUT2D eigenvalue weighted by atomic mass is 9.98. The van der Waals surface area contributed by atoms with E-state index in [1.54, 1.807) is 16.8 Å². The second-order valence-corrected chi connectivity index (χ2v) is 4.36. The van der Waals surface area contributed by atoms with Gasteiger partial charge >= 0.3 is 0 Å². The fourth-order valence-corrected chi connectivity index (χ4v) is 2.28. The topological polar surface area (TPSA) is 37.5 Å². The SMILES string of the molecule is OCCc1c(F)cccc1-c1ccn2nccc2c1. The molecule has 0 unspecified atom stereocenters. The van der Waals surface area contributed by atoms with Crippen LogP contribution in [0.2, 0.25) is 0 Å². The van der Waals surface area contributed by atoms with Crippen molar-refractivity contribution >= 4 is 5.52 Å². The maximum absolute atomic E-state index is 13.8. The summed E-state index contributed by atoms with van der Waals surface area (Å²) in [6, 6.07) is 10.7. The van der Waals surface area contributed by atoms with E-state index in [9.17, 15) is 4.39 Å². The summed E-state index contributed by atoms with van der Waals surface area (Å²) in [6.07, 6.45) is 3.88. The number of aliphatic hydroxyl groups excluding tert-OH is 1. The summed E-state index contributed by atoms with van der Waals surface area (Å²) in [5, 5.41) is 13.2. The van der Waals surface area contributed by atoms with Crippen LogP contribution in [-0.2, 0) is 6.42 Å². The van der Waals surface area contributed by atoms with E-state index < -0.39 is 0 Å². The fraction of sp³-hybridized carbons (Fsp3) is 0.133. The summed E-state index contributed by atoms with van der Waals surface area (Å²) >= 11 is 0. The third kappa shape index (κ3) is 2.11. The molecule has 2 aromatic heterocycles. The molecule has 0 bridgehead atoms. The van der Waals surface area contributed by atoms with Crippen molar-refractivity contribution < 1.29 is 9.50 Å². The number of aliphatic hydroxyl groups is 1. The molecule has 0 atom stereocenters. The van der Waals surface area contributed by atoms with Crippen LogP contribution in [0.4, 0.5) is 4.39 Å². The van der Waals surface area contributed by atoms with Crippen LogP contribution in [0.5, 0.6) is 0 Å². The number of halogens is 1. The van der Waals surface area contributed by atoms with Crippen LogP contribution in [-0.4, -0.2) is 21.3 Å². The smallest absolute Gasteiger partial charge is 0.127 e. The van der Waals surface area contributed by atoms with Crippen LogP contribution >= 0.6 is 0 Å². The van der Waals surface area contributed by atoms with Gasteiger partial charge in [0.1, 0.15) is 5.82 Å². The van der Waals surface area contributed by atoms with E-state index in [1.807, 2.05) is 30.5 Å². The van der Waals surface area contributed by atoms with Gasteiger partial charge in [0, 0.05) is 19.0 Å². The van der Waals surface area contributed by atoms with Gasteiger partial charge in [0.15, 0.2) is 0 Å². The lowest BCUT2D eigenvalue weighted by Gasteiger charge is -2.10. The van der Waals surface area contributed by atoms with Crippen molar-refractivity contribution in [2.75, 3.05) is 6.61 Å². The lowest BCUT2D eigenvalue weighted by molar-refractivity contribution is 0.298. The normalized spacial score (nSPS) is 11.1. The molecule has 1 aromatic carbocycles. The monoisotopic (exact) mass is 256 g/mol. The van der Waals surface area contributed by atoms with Gasteiger partial charge in [-0.15, -0.1) is 0 Å². The second kappa shape index (κ2) is 4.82. The summed E-state index contributed by atoms with van der Waals surface area (Å²) in [7, 11) is 0. The number of rotatable bonds is 3. The predicted molar refractivity (Wildman–Crippen MR) is 71.4 cm³/mol. The molecule has 4 heteroatoms. The lowest BCUT2D eigenvalue weighted by Crippen LogP contribution is -1.98. The zero-order valence-electron chi connectivity index (χ0n) is 10.3. The Morgan fingerprint density at radius 1 is 1.21 bits per heavy atom. The summed E-state index contributed by atoms with van der Waals surface area (Å²) in [5.41, 5.74) is 3.25. The zero-order chi connectivity index (χ0) is 13.2. The van der Waals surface area contributed by atoms with E-state index in [0.29, 0.717) is 12.0 Å². The van der Waals surface area contributed by atoms with Gasteiger partial charge in [-0.05, 0) is 47.4 Å². The van der Waals surface area contributed by atoms with Crippen molar-refractivity contribution in [3.63, 3.8) is 0 Å². The Bertz CT molecular complexity index is 721. The van der Waals surface area contributed by atoms with E-state index in [-0.39, 0.29) is 12.4 Å². The third-order valence-electron chi connectivity index (χ3n) is 3.19. The summed E-state index contributed by atoms with van der Waals surface area (Å²) in [4.78, 5) is 0. The molecule has 1 N–H and O–H groups in total. The van der Waals surface area contributed by atoms with Crippen molar-refractivity contribution in [2.45, 2.75) is 6.42 Å². The molecule has 0 saturated carbocycles. The molecular weight excluding hydrogens is 243 g/mol. The maximum atomic E-state index is 13.8. The van der Waals surface area contributed by atoms with Crippen molar-refractivity contribution in [2.24, 2.45) is 0 Å². The first-order valence-corrected chi connectivity index (χ1v) is 6.11. The number of hydrogen-bond acceptors (Lipinski definition) is 2. The van der Waals surface area contributed by atoms with Crippen LogP contribution in [0.25, 0.3) is 16.6 Å². The first kappa shape index (κ1) is 11.9. The van der Waals surface area contributed by atoms with E-state index in [4.69, 9.17) is 5.11 Å². The zero-order valence-corrected chi connectivity index (χ0v) is 10.3.